The average Bonchev–Trinajstić information content (AvgIpc) is 2.73. The molecule has 0 bridgehead atoms. The maximum Gasteiger partial charge on any atom is 0.260 e. The largest absolute Gasteiger partial charge is 0.484 e. The maximum atomic E-state index is 12.4. The van der Waals surface area contributed by atoms with E-state index >= 15 is 0 Å². The van der Waals surface area contributed by atoms with Crippen LogP contribution in [0, 0.1) is 11.8 Å². The van der Waals surface area contributed by atoms with Crippen molar-refractivity contribution in [3.63, 3.8) is 0 Å². The van der Waals surface area contributed by atoms with E-state index in [9.17, 15) is 9.59 Å². The van der Waals surface area contributed by atoms with Crippen molar-refractivity contribution in [1.29, 1.82) is 0 Å². The van der Waals surface area contributed by atoms with E-state index in [-0.39, 0.29) is 24.3 Å². The summed E-state index contributed by atoms with van der Waals surface area (Å²) in [7, 11) is 0. The van der Waals surface area contributed by atoms with Crippen LogP contribution in [0.4, 0.5) is 0 Å². The molecule has 6 heteroatoms. The van der Waals surface area contributed by atoms with Crippen LogP contribution in [-0.4, -0.2) is 56.0 Å². The lowest BCUT2D eigenvalue weighted by molar-refractivity contribution is -0.137. The van der Waals surface area contributed by atoms with Crippen LogP contribution in [0.15, 0.2) is 30.3 Å². The van der Waals surface area contributed by atoms with Gasteiger partial charge in [-0.1, -0.05) is 18.2 Å². The Morgan fingerprint density at radius 2 is 1.93 bits per heavy atom. The SMILES string of the molecule is O=C(NCCC1CCCNC1)C1CCN(C(=O)COc2ccccc2)CC1. The summed E-state index contributed by atoms with van der Waals surface area (Å²) in [4.78, 5) is 26.5. The summed E-state index contributed by atoms with van der Waals surface area (Å²) in [5, 5.41) is 6.51. The highest BCUT2D eigenvalue weighted by molar-refractivity contribution is 5.80. The zero-order valence-electron chi connectivity index (χ0n) is 16.0. The third-order valence-electron chi connectivity index (χ3n) is 5.57. The molecule has 0 spiro atoms. The Morgan fingerprint density at radius 1 is 1.15 bits per heavy atom. The van der Waals surface area contributed by atoms with Crippen molar-refractivity contribution >= 4 is 11.8 Å². The minimum atomic E-state index is -0.0116. The number of piperidine rings is 2. The Balaban J connectivity index is 1.31. The third kappa shape index (κ3) is 6.24. The van der Waals surface area contributed by atoms with Gasteiger partial charge >= 0.3 is 0 Å². The van der Waals surface area contributed by atoms with Crippen LogP contribution < -0.4 is 15.4 Å². The standard InChI is InChI=1S/C21H31N3O3/c25-20(16-27-19-6-2-1-3-7-19)24-13-9-18(10-14-24)21(26)23-12-8-17-5-4-11-22-15-17/h1-3,6-7,17-18,22H,4-5,8-16H2,(H,23,26). The van der Waals surface area contributed by atoms with Gasteiger partial charge in [0.2, 0.25) is 5.91 Å². The van der Waals surface area contributed by atoms with Crippen molar-refractivity contribution in [1.82, 2.24) is 15.5 Å². The van der Waals surface area contributed by atoms with Gasteiger partial charge in [-0.25, -0.2) is 0 Å². The second-order valence-corrected chi connectivity index (χ2v) is 7.55. The molecule has 1 aromatic rings. The van der Waals surface area contributed by atoms with Gasteiger partial charge in [0.25, 0.3) is 5.91 Å². The summed E-state index contributed by atoms with van der Waals surface area (Å²) < 4.78 is 5.53. The quantitative estimate of drug-likeness (QED) is 0.765. The topological polar surface area (TPSA) is 70.7 Å². The molecule has 0 radical (unpaired) electrons. The third-order valence-corrected chi connectivity index (χ3v) is 5.57. The first-order valence-electron chi connectivity index (χ1n) is 10.2. The minimum Gasteiger partial charge on any atom is -0.484 e. The highest BCUT2D eigenvalue weighted by Gasteiger charge is 2.27. The number of hydrogen-bond acceptors (Lipinski definition) is 4. The fourth-order valence-electron chi connectivity index (χ4n) is 3.86. The second-order valence-electron chi connectivity index (χ2n) is 7.55. The van der Waals surface area contributed by atoms with Gasteiger partial charge in [0.15, 0.2) is 6.61 Å². The molecule has 27 heavy (non-hydrogen) atoms. The van der Waals surface area contributed by atoms with Crippen LogP contribution in [-0.2, 0) is 9.59 Å². The van der Waals surface area contributed by atoms with Crippen molar-refractivity contribution in [2.24, 2.45) is 11.8 Å². The highest BCUT2D eigenvalue weighted by atomic mass is 16.5. The number of carbonyl (C=O) groups is 2. The number of likely N-dealkylation sites (tertiary alicyclic amines) is 1. The van der Waals surface area contributed by atoms with Crippen molar-refractivity contribution < 1.29 is 14.3 Å². The van der Waals surface area contributed by atoms with Crippen molar-refractivity contribution in [2.75, 3.05) is 39.3 Å². The van der Waals surface area contributed by atoms with E-state index in [4.69, 9.17) is 4.74 Å². The Labute approximate surface area is 161 Å². The lowest BCUT2D eigenvalue weighted by atomic mass is 9.94. The van der Waals surface area contributed by atoms with E-state index in [1.165, 1.54) is 12.8 Å². The molecule has 0 aliphatic carbocycles. The summed E-state index contributed by atoms with van der Waals surface area (Å²) in [6, 6.07) is 9.36. The zero-order valence-corrected chi connectivity index (χ0v) is 16.0. The predicted molar refractivity (Wildman–Crippen MR) is 104 cm³/mol. The molecule has 2 fully saturated rings. The van der Waals surface area contributed by atoms with Gasteiger partial charge in [-0.05, 0) is 63.2 Å². The lowest BCUT2D eigenvalue weighted by Gasteiger charge is -2.31. The fourth-order valence-corrected chi connectivity index (χ4v) is 3.86. The van der Waals surface area contributed by atoms with E-state index in [0.717, 1.165) is 38.9 Å². The summed E-state index contributed by atoms with van der Waals surface area (Å²) in [6.07, 6.45) is 5.00. The van der Waals surface area contributed by atoms with Crippen molar-refractivity contribution in [2.45, 2.75) is 32.1 Å². The normalized spacial score (nSPS) is 20.9. The predicted octanol–water partition coefficient (Wildman–Crippen LogP) is 1.81. The van der Waals surface area contributed by atoms with Crippen molar-refractivity contribution in [3.05, 3.63) is 30.3 Å². The monoisotopic (exact) mass is 373 g/mol. The molecule has 148 valence electrons. The fraction of sp³-hybridized carbons (Fsp3) is 0.619. The summed E-state index contributed by atoms with van der Waals surface area (Å²) in [5.41, 5.74) is 0. The lowest BCUT2D eigenvalue weighted by Crippen LogP contribution is -2.44. The summed E-state index contributed by atoms with van der Waals surface area (Å²) in [5.74, 6) is 1.54. The molecule has 3 rings (SSSR count). The number of para-hydroxylation sites is 1. The first-order valence-corrected chi connectivity index (χ1v) is 10.2. The van der Waals surface area contributed by atoms with Crippen LogP contribution in [0.25, 0.3) is 0 Å². The Kier molecular flexibility index (Phi) is 7.51. The maximum absolute atomic E-state index is 12.4. The molecule has 2 heterocycles. The summed E-state index contributed by atoms with van der Waals surface area (Å²) in [6.45, 7) is 4.26. The number of benzene rings is 1. The number of hydrogen-bond donors (Lipinski definition) is 2. The molecular formula is C21H31N3O3. The Hall–Kier alpha value is -2.08. The number of carbonyl (C=O) groups excluding carboxylic acids is 2. The van der Waals surface area contributed by atoms with E-state index in [1.807, 2.05) is 30.3 Å². The molecule has 2 aliphatic rings. The molecular weight excluding hydrogens is 342 g/mol. The number of nitrogens with one attached hydrogen (secondary N) is 2. The molecule has 2 N–H and O–H groups in total. The molecule has 0 saturated carbocycles. The molecule has 0 aromatic heterocycles. The van der Waals surface area contributed by atoms with Gasteiger partial charge < -0.3 is 20.3 Å². The Bertz CT molecular complexity index is 594. The Morgan fingerprint density at radius 3 is 2.63 bits per heavy atom. The first kappa shape index (κ1) is 19.7. The van der Waals surface area contributed by atoms with E-state index < -0.39 is 0 Å². The minimum absolute atomic E-state index is 0.0116. The number of amides is 2. The molecule has 2 saturated heterocycles. The smallest absolute Gasteiger partial charge is 0.260 e. The number of ether oxygens (including phenoxy) is 1. The second kappa shape index (κ2) is 10.3. The first-order chi connectivity index (χ1) is 13.2. The number of nitrogens with zero attached hydrogens (tertiary/aromatic N) is 1. The number of rotatable bonds is 7. The van der Waals surface area contributed by atoms with Crippen LogP contribution in [0.5, 0.6) is 5.75 Å². The molecule has 2 aliphatic heterocycles. The van der Waals surface area contributed by atoms with Crippen LogP contribution in [0.2, 0.25) is 0 Å². The average molecular weight is 373 g/mol. The van der Waals surface area contributed by atoms with Crippen LogP contribution in [0.1, 0.15) is 32.1 Å². The van der Waals surface area contributed by atoms with Gasteiger partial charge in [0.1, 0.15) is 5.75 Å². The molecule has 6 nitrogen and oxygen atoms in total. The van der Waals surface area contributed by atoms with Gasteiger partial charge in [-0.2, -0.15) is 0 Å². The van der Waals surface area contributed by atoms with Gasteiger partial charge in [0, 0.05) is 25.6 Å². The van der Waals surface area contributed by atoms with E-state index in [2.05, 4.69) is 10.6 Å². The van der Waals surface area contributed by atoms with E-state index in [1.54, 1.807) is 4.90 Å². The molecule has 1 aromatic carbocycles. The van der Waals surface area contributed by atoms with E-state index in [0.29, 0.717) is 24.8 Å². The molecule has 1 atom stereocenters. The van der Waals surface area contributed by atoms with Gasteiger partial charge in [-0.15, -0.1) is 0 Å². The zero-order chi connectivity index (χ0) is 18.9. The van der Waals surface area contributed by atoms with Crippen LogP contribution >= 0.6 is 0 Å². The van der Waals surface area contributed by atoms with Crippen molar-refractivity contribution in [3.8, 4) is 5.75 Å². The summed E-state index contributed by atoms with van der Waals surface area (Å²) >= 11 is 0. The van der Waals surface area contributed by atoms with Gasteiger partial charge in [-0.3, -0.25) is 9.59 Å². The molecule has 1 unspecified atom stereocenters. The highest BCUT2D eigenvalue weighted by Crippen LogP contribution is 2.18. The molecule has 2 amide bonds. The van der Waals surface area contributed by atoms with Gasteiger partial charge in [0.05, 0.1) is 0 Å². The van der Waals surface area contributed by atoms with Crippen LogP contribution in [0.3, 0.4) is 0 Å².